The highest BCUT2D eigenvalue weighted by Crippen LogP contribution is 2.22. The van der Waals surface area contributed by atoms with Crippen molar-refractivity contribution in [1.29, 1.82) is 0 Å². The number of ether oxygens (including phenoxy) is 1. The average molecular weight is 318 g/mol. The third kappa shape index (κ3) is 5.07. The summed E-state index contributed by atoms with van der Waals surface area (Å²) in [5, 5.41) is 10.4. The van der Waals surface area contributed by atoms with Gasteiger partial charge in [0.05, 0.1) is 0 Å². The Morgan fingerprint density at radius 2 is 1.77 bits per heavy atom. The van der Waals surface area contributed by atoms with Crippen LogP contribution in [0.1, 0.15) is 39.3 Å². The van der Waals surface area contributed by atoms with Crippen LogP contribution < -0.4 is 10.6 Å². The molecule has 1 amide bonds. The predicted molar refractivity (Wildman–Crippen MR) is 92.7 cm³/mol. The van der Waals surface area contributed by atoms with Gasteiger partial charge in [-0.25, -0.2) is 4.79 Å². The standard InChI is InChI=1S/C17H22N2O2S/c1-12(13-9-10-22-11-13)18-14-5-7-15(8-6-14)19-16(20)21-17(2,3)4/h5-12,18H,1-4H3,(H,19,20). The van der Waals surface area contributed by atoms with E-state index in [2.05, 4.69) is 34.4 Å². The molecule has 0 aliphatic heterocycles. The molecule has 0 radical (unpaired) electrons. The second kappa shape index (κ2) is 6.83. The van der Waals surface area contributed by atoms with E-state index in [0.717, 1.165) is 5.69 Å². The number of benzene rings is 1. The van der Waals surface area contributed by atoms with Crippen LogP contribution in [0, 0.1) is 0 Å². The van der Waals surface area contributed by atoms with Crippen LogP contribution >= 0.6 is 11.3 Å². The van der Waals surface area contributed by atoms with E-state index < -0.39 is 11.7 Å². The molecule has 1 heterocycles. The first-order valence-electron chi connectivity index (χ1n) is 7.22. The third-order valence-corrected chi connectivity index (χ3v) is 3.66. The molecule has 1 aromatic heterocycles. The molecule has 0 saturated heterocycles. The second-order valence-corrected chi connectivity index (χ2v) is 6.91. The molecule has 0 aliphatic rings. The first kappa shape index (κ1) is 16.4. The van der Waals surface area contributed by atoms with Crippen LogP contribution in [0.15, 0.2) is 41.1 Å². The highest BCUT2D eigenvalue weighted by molar-refractivity contribution is 7.07. The normalized spacial score (nSPS) is 12.5. The number of thiophene rings is 1. The van der Waals surface area contributed by atoms with Crippen molar-refractivity contribution in [3.05, 3.63) is 46.7 Å². The molecule has 118 valence electrons. The summed E-state index contributed by atoms with van der Waals surface area (Å²) in [5.74, 6) is 0. The van der Waals surface area contributed by atoms with Gasteiger partial charge >= 0.3 is 6.09 Å². The lowest BCUT2D eigenvalue weighted by molar-refractivity contribution is 0.0636. The molecule has 0 saturated carbocycles. The number of rotatable bonds is 4. The zero-order chi connectivity index (χ0) is 16.2. The van der Waals surface area contributed by atoms with Gasteiger partial charge in [0.25, 0.3) is 0 Å². The smallest absolute Gasteiger partial charge is 0.412 e. The number of hydrogen-bond acceptors (Lipinski definition) is 4. The predicted octanol–water partition coefficient (Wildman–Crippen LogP) is 5.27. The van der Waals surface area contributed by atoms with Crippen molar-refractivity contribution in [2.24, 2.45) is 0 Å². The van der Waals surface area contributed by atoms with Crippen molar-refractivity contribution in [2.75, 3.05) is 10.6 Å². The van der Waals surface area contributed by atoms with Gasteiger partial charge in [0.15, 0.2) is 0 Å². The fourth-order valence-electron chi connectivity index (χ4n) is 1.93. The van der Waals surface area contributed by atoms with Gasteiger partial charge < -0.3 is 10.1 Å². The lowest BCUT2D eigenvalue weighted by atomic mass is 10.1. The molecular weight excluding hydrogens is 296 g/mol. The molecule has 0 spiro atoms. The van der Waals surface area contributed by atoms with Crippen molar-refractivity contribution >= 4 is 28.8 Å². The van der Waals surface area contributed by atoms with Gasteiger partial charge in [-0.15, -0.1) is 0 Å². The highest BCUT2D eigenvalue weighted by atomic mass is 32.1. The van der Waals surface area contributed by atoms with Gasteiger partial charge in [0, 0.05) is 17.4 Å². The Morgan fingerprint density at radius 1 is 1.14 bits per heavy atom. The molecule has 1 aromatic carbocycles. The number of hydrogen-bond donors (Lipinski definition) is 2. The molecule has 2 aromatic rings. The number of carbonyl (C=O) groups is 1. The van der Waals surface area contributed by atoms with Crippen LogP contribution in [0.3, 0.4) is 0 Å². The maximum atomic E-state index is 11.7. The summed E-state index contributed by atoms with van der Waals surface area (Å²) in [4.78, 5) is 11.7. The Hall–Kier alpha value is -2.01. The number of anilines is 2. The highest BCUT2D eigenvalue weighted by Gasteiger charge is 2.16. The molecular formula is C17H22N2O2S. The Morgan fingerprint density at radius 3 is 2.32 bits per heavy atom. The Balaban J connectivity index is 1.91. The maximum Gasteiger partial charge on any atom is 0.412 e. The summed E-state index contributed by atoms with van der Waals surface area (Å²) >= 11 is 1.69. The van der Waals surface area contributed by atoms with Crippen molar-refractivity contribution in [2.45, 2.75) is 39.3 Å². The molecule has 1 atom stereocenters. The van der Waals surface area contributed by atoms with E-state index in [1.54, 1.807) is 11.3 Å². The maximum absolute atomic E-state index is 11.7. The van der Waals surface area contributed by atoms with E-state index in [1.165, 1.54) is 5.56 Å². The zero-order valence-corrected chi connectivity index (χ0v) is 14.2. The lowest BCUT2D eigenvalue weighted by Crippen LogP contribution is -2.27. The molecule has 5 heteroatoms. The number of amides is 1. The van der Waals surface area contributed by atoms with Gasteiger partial charge in [-0.3, -0.25) is 5.32 Å². The fraction of sp³-hybridized carbons (Fsp3) is 0.353. The summed E-state index contributed by atoms with van der Waals surface area (Å²) in [6.07, 6.45) is -0.445. The molecule has 4 nitrogen and oxygen atoms in total. The second-order valence-electron chi connectivity index (χ2n) is 6.13. The van der Waals surface area contributed by atoms with Crippen molar-refractivity contribution < 1.29 is 9.53 Å². The van der Waals surface area contributed by atoms with Crippen LogP contribution in [0.5, 0.6) is 0 Å². The van der Waals surface area contributed by atoms with Crippen molar-refractivity contribution in [3.63, 3.8) is 0 Å². The Labute approximate surface area is 135 Å². The van der Waals surface area contributed by atoms with E-state index in [9.17, 15) is 4.79 Å². The minimum atomic E-state index is -0.498. The largest absolute Gasteiger partial charge is 0.444 e. The van der Waals surface area contributed by atoms with E-state index in [1.807, 2.05) is 45.0 Å². The van der Waals surface area contributed by atoms with E-state index in [-0.39, 0.29) is 6.04 Å². The quantitative estimate of drug-likeness (QED) is 0.807. The Kier molecular flexibility index (Phi) is 5.08. The lowest BCUT2D eigenvalue weighted by Gasteiger charge is -2.20. The van der Waals surface area contributed by atoms with Crippen LogP contribution in [0.4, 0.5) is 16.2 Å². The van der Waals surface area contributed by atoms with Crippen LogP contribution in [0.2, 0.25) is 0 Å². The fourth-order valence-corrected chi connectivity index (χ4v) is 2.68. The summed E-state index contributed by atoms with van der Waals surface area (Å²) in [7, 11) is 0. The average Bonchev–Trinajstić information content (AvgIpc) is 2.92. The van der Waals surface area contributed by atoms with E-state index in [4.69, 9.17) is 4.74 Å². The molecule has 1 unspecified atom stereocenters. The molecule has 0 bridgehead atoms. The first-order chi connectivity index (χ1) is 10.3. The van der Waals surface area contributed by atoms with E-state index in [0.29, 0.717) is 5.69 Å². The molecule has 2 rings (SSSR count). The van der Waals surface area contributed by atoms with Crippen LogP contribution in [-0.4, -0.2) is 11.7 Å². The van der Waals surface area contributed by atoms with Gasteiger partial charge in [-0.1, -0.05) is 0 Å². The number of nitrogens with one attached hydrogen (secondary N) is 2. The van der Waals surface area contributed by atoms with Gasteiger partial charge in [-0.05, 0) is 74.4 Å². The summed E-state index contributed by atoms with van der Waals surface area (Å²) in [6, 6.07) is 9.95. The van der Waals surface area contributed by atoms with E-state index >= 15 is 0 Å². The summed E-state index contributed by atoms with van der Waals surface area (Å²) in [6.45, 7) is 7.64. The van der Waals surface area contributed by atoms with Crippen LogP contribution in [-0.2, 0) is 4.74 Å². The van der Waals surface area contributed by atoms with Gasteiger partial charge in [0.2, 0.25) is 0 Å². The zero-order valence-electron chi connectivity index (χ0n) is 13.3. The van der Waals surface area contributed by atoms with Gasteiger partial charge in [-0.2, -0.15) is 11.3 Å². The van der Waals surface area contributed by atoms with Crippen molar-refractivity contribution in [3.8, 4) is 0 Å². The number of carbonyl (C=O) groups excluding carboxylic acids is 1. The molecule has 22 heavy (non-hydrogen) atoms. The summed E-state index contributed by atoms with van der Waals surface area (Å²) in [5.41, 5.74) is 2.49. The minimum Gasteiger partial charge on any atom is -0.444 e. The van der Waals surface area contributed by atoms with Crippen LogP contribution in [0.25, 0.3) is 0 Å². The topological polar surface area (TPSA) is 50.4 Å². The first-order valence-corrected chi connectivity index (χ1v) is 8.16. The third-order valence-electron chi connectivity index (χ3n) is 2.96. The molecule has 0 aliphatic carbocycles. The monoisotopic (exact) mass is 318 g/mol. The summed E-state index contributed by atoms with van der Waals surface area (Å²) < 4.78 is 5.22. The molecule has 0 fully saturated rings. The molecule has 2 N–H and O–H groups in total. The van der Waals surface area contributed by atoms with Gasteiger partial charge in [0.1, 0.15) is 5.60 Å². The SMILES string of the molecule is CC(Nc1ccc(NC(=O)OC(C)(C)C)cc1)c1ccsc1. The van der Waals surface area contributed by atoms with Crippen molar-refractivity contribution in [1.82, 2.24) is 0 Å². The Bertz CT molecular complexity index is 601. The minimum absolute atomic E-state index is 0.246.